The number of nitrogens with zero attached hydrogens (tertiary/aromatic N) is 5. The molecule has 1 aliphatic heterocycles. The van der Waals surface area contributed by atoms with E-state index in [1.54, 1.807) is 62.0 Å². The van der Waals surface area contributed by atoms with Gasteiger partial charge in [0.25, 0.3) is 15.9 Å². The monoisotopic (exact) mass is 621 g/mol. The average molecular weight is 622 g/mol. The summed E-state index contributed by atoms with van der Waals surface area (Å²) in [4.78, 5) is 41.4. The third-order valence-electron chi connectivity index (χ3n) is 6.44. The lowest BCUT2D eigenvalue weighted by atomic mass is 10.2. The summed E-state index contributed by atoms with van der Waals surface area (Å²) in [5.41, 5.74) is 0.715. The van der Waals surface area contributed by atoms with Gasteiger partial charge in [0.2, 0.25) is 5.03 Å². The largest absolute Gasteiger partial charge is 0.443 e. The van der Waals surface area contributed by atoms with Crippen LogP contribution in [0.2, 0.25) is 0 Å². The first-order chi connectivity index (χ1) is 20.9. The lowest BCUT2D eigenvalue weighted by Crippen LogP contribution is -2.36. The second kappa shape index (κ2) is 12.4. The highest BCUT2D eigenvalue weighted by Crippen LogP contribution is 2.28. The SMILES string of the molecule is CC(C)(C)OC(=O)NS(=O)(=O)c1nn(-c2ccc(C=O)cc2)cc1NC(=O)c1cccc(-c2ccnn2C2CCCCO2)n1. The number of amides is 2. The molecule has 0 spiro atoms. The Bertz CT molecular complexity index is 1780. The molecule has 1 unspecified atom stereocenters. The Balaban J connectivity index is 1.46. The van der Waals surface area contributed by atoms with Gasteiger partial charge in [-0.1, -0.05) is 6.07 Å². The molecule has 1 fully saturated rings. The first kappa shape index (κ1) is 30.6. The van der Waals surface area contributed by atoms with Gasteiger partial charge in [0, 0.05) is 18.4 Å². The Kier molecular flexibility index (Phi) is 8.60. The zero-order valence-corrected chi connectivity index (χ0v) is 25.1. The Hall–Kier alpha value is -4.89. The molecule has 1 saturated heterocycles. The summed E-state index contributed by atoms with van der Waals surface area (Å²) in [6.07, 6.45) is 4.89. The van der Waals surface area contributed by atoms with E-state index in [9.17, 15) is 22.8 Å². The number of ether oxygens (including phenoxy) is 2. The van der Waals surface area contributed by atoms with Gasteiger partial charge in [0.15, 0.2) is 6.23 Å². The number of hydrogen-bond acceptors (Lipinski definition) is 10. The lowest BCUT2D eigenvalue weighted by molar-refractivity contribution is -0.0384. The Morgan fingerprint density at radius 3 is 2.55 bits per heavy atom. The van der Waals surface area contributed by atoms with Gasteiger partial charge in [0.05, 0.1) is 23.3 Å². The molecular formula is C29H31N7O7S. The van der Waals surface area contributed by atoms with Crippen LogP contribution in [0.15, 0.2) is 66.0 Å². The molecule has 1 aromatic carbocycles. The maximum absolute atomic E-state index is 13.4. The molecule has 230 valence electrons. The van der Waals surface area contributed by atoms with Crippen molar-refractivity contribution in [3.8, 4) is 17.1 Å². The predicted octanol–water partition coefficient (Wildman–Crippen LogP) is 4.11. The zero-order chi connectivity index (χ0) is 31.5. The number of rotatable bonds is 8. The highest BCUT2D eigenvalue weighted by atomic mass is 32.2. The average Bonchev–Trinajstić information content (AvgIpc) is 3.65. The van der Waals surface area contributed by atoms with Crippen LogP contribution in [-0.4, -0.2) is 63.5 Å². The highest BCUT2D eigenvalue weighted by molar-refractivity contribution is 7.90. The maximum atomic E-state index is 13.4. The number of anilines is 1. The molecule has 0 saturated carbocycles. The second-order valence-corrected chi connectivity index (χ2v) is 12.6. The van der Waals surface area contributed by atoms with Crippen LogP contribution in [0.4, 0.5) is 10.5 Å². The van der Waals surface area contributed by atoms with E-state index in [1.165, 1.54) is 29.1 Å². The summed E-state index contributed by atoms with van der Waals surface area (Å²) in [6.45, 7) is 5.37. The number of pyridine rings is 1. The van der Waals surface area contributed by atoms with Gasteiger partial charge in [-0.05, 0) is 82.5 Å². The highest BCUT2D eigenvalue weighted by Gasteiger charge is 2.30. The smallest absolute Gasteiger partial charge is 0.421 e. The Labute approximate surface area is 253 Å². The topological polar surface area (TPSA) is 176 Å². The van der Waals surface area contributed by atoms with Crippen LogP contribution in [0.25, 0.3) is 17.1 Å². The molecule has 2 N–H and O–H groups in total. The number of sulfonamides is 1. The summed E-state index contributed by atoms with van der Waals surface area (Å²) in [7, 11) is -4.63. The summed E-state index contributed by atoms with van der Waals surface area (Å²) >= 11 is 0. The van der Waals surface area contributed by atoms with Crippen molar-refractivity contribution in [3.63, 3.8) is 0 Å². The number of carbonyl (C=O) groups excluding carboxylic acids is 3. The molecule has 5 rings (SSSR count). The number of aldehydes is 1. The molecule has 15 heteroatoms. The van der Waals surface area contributed by atoms with Gasteiger partial charge in [-0.3, -0.25) is 9.59 Å². The van der Waals surface area contributed by atoms with Crippen LogP contribution in [0, 0.1) is 0 Å². The van der Waals surface area contributed by atoms with Crippen LogP contribution in [0.1, 0.15) is 67.1 Å². The van der Waals surface area contributed by atoms with Gasteiger partial charge in [-0.2, -0.15) is 18.6 Å². The minimum absolute atomic E-state index is 0.00801. The van der Waals surface area contributed by atoms with E-state index in [4.69, 9.17) is 9.47 Å². The minimum Gasteiger partial charge on any atom is -0.443 e. The molecule has 0 aliphatic carbocycles. The van der Waals surface area contributed by atoms with Crippen LogP contribution in [0.5, 0.6) is 0 Å². The number of hydrogen-bond donors (Lipinski definition) is 2. The van der Waals surface area contributed by atoms with Crippen molar-refractivity contribution >= 4 is 34.0 Å². The van der Waals surface area contributed by atoms with E-state index in [2.05, 4.69) is 20.5 Å². The van der Waals surface area contributed by atoms with Crippen molar-refractivity contribution in [3.05, 3.63) is 72.2 Å². The van der Waals surface area contributed by atoms with E-state index in [-0.39, 0.29) is 17.6 Å². The van der Waals surface area contributed by atoms with Crippen molar-refractivity contribution in [2.75, 3.05) is 11.9 Å². The standard InChI is InChI=1S/C29H31N7O7S/c1-29(2,3)43-28(39)34-44(40,41)27-23(17-35(33-27)20-12-10-19(18-37)11-13-20)32-26(38)22-8-6-7-21(31-22)24-14-15-30-36(24)25-9-4-5-16-42-25/h6-8,10-15,17-18,25H,4-5,9,16H2,1-3H3,(H,32,38)(H,34,39). The van der Waals surface area contributed by atoms with Gasteiger partial charge in [-0.15, -0.1) is 0 Å². The first-order valence-electron chi connectivity index (χ1n) is 13.8. The number of carbonyl (C=O) groups is 3. The van der Waals surface area contributed by atoms with E-state index >= 15 is 0 Å². The van der Waals surface area contributed by atoms with Gasteiger partial charge < -0.3 is 14.8 Å². The number of benzene rings is 1. The summed E-state index contributed by atoms with van der Waals surface area (Å²) < 4.78 is 42.3. The summed E-state index contributed by atoms with van der Waals surface area (Å²) in [5.74, 6) is -0.726. The Morgan fingerprint density at radius 1 is 1.09 bits per heavy atom. The molecule has 4 aromatic rings. The van der Waals surface area contributed by atoms with Crippen molar-refractivity contribution < 1.29 is 32.3 Å². The second-order valence-electron chi connectivity index (χ2n) is 11.0. The molecule has 4 heterocycles. The third kappa shape index (κ3) is 7.01. The van der Waals surface area contributed by atoms with Crippen molar-refractivity contribution in [2.45, 2.75) is 56.9 Å². The van der Waals surface area contributed by atoms with Crippen LogP contribution in [0.3, 0.4) is 0 Å². The molecule has 44 heavy (non-hydrogen) atoms. The molecule has 0 bridgehead atoms. The van der Waals surface area contributed by atoms with Gasteiger partial charge in [0.1, 0.15) is 23.3 Å². The molecule has 14 nitrogen and oxygen atoms in total. The van der Waals surface area contributed by atoms with E-state index in [0.29, 0.717) is 35.5 Å². The quantitative estimate of drug-likeness (QED) is 0.272. The number of aromatic nitrogens is 5. The van der Waals surface area contributed by atoms with E-state index < -0.39 is 32.7 Å². The van der Waals surface area contributed by atoms with Crippen LogP contribution >= 0.6 is 0 Å². The fourth-order valence-corrected chi connectivity index (χ4v) is 5.44. The predicted molar refractivity (Wildman–Crippen MR) is 158 cm³/mol. The zero-order valence-electron chi connectivity index (χ0n) is 24.3. The van der Waals surface area contributed by atoms with Crippen LogP contribution < -0.4 is 10.0 Å². The molecule has 0 radical (unpaired) electrons. The molecular weight excluding hydrogens is 590 g/mol. The van der Waals surface area contributed by atoms with E-state index in [0.717, 1.165) is 19.3 Å². The molecule has 2 amide bonds. The van der Waals surface area contributed by atoms with Crippen molar-refractivity contribution in [1.29, 1.82) is 0 Å². The van der Waals surface area contributed by atoms with Gasteiger partial charge in [-0.25, -0.2) is 23.9 Å². The Morgan fingerprint density at radius 2 is 1.86 bits per heavy atom. The number of nitrogens with one attached hydrogen (secondary N) is 2. The van der Waals surface area contributed by atoms with Crippen molar-refractivity contribution in [1.82, 2.24) is 29.3 Å². The molecule has 1 aliphatic rings. The fourth-order valence-electron chi connectivity index (χ4n) is 4.49. The minimum atomic E-state index is -4.63. The summed E-state index contributed by atoms with van der Waals surface area (Å²) in [5, 5.41) is 10.4. The lowest BCUT2D eigenvalue weighted by Gasteiger charge is -2.24. The molecule has 3 aromatic heterocycles. The van der Waals surface area contributed by atoms with E-state index in [1.807, 2.05) is 4.72 Å². The van der Waals surface area contributed by atoms with Gasteiger partial charge >= 0.3 is 6.09 Å². The normalized spacial score (nSPS) is 15.4. The van der Waals surface area contributed by atoms with Crippen LogP contribution in [-0.2, 0) is 19.5 Å². The first-order valence-corrected chi connectivity index (χ1v) is 15.3. The fraction of sp³-hybridized carbons (Fsp3) is 0.310. The molecule has 1 atom stereocenters. The van der Waals surface area contributed by atoms with Crippen molar-refractivity contribution in [2.24, 2.45) is 0 Å². The third-order valence-corrected chi connectivity index (χ3v) is 7.68. The summed E-state index contributed by atoms with van der Waals surface area (Å²) in [6, 6.07) is 12.8. The maximum Gasteiger partial charge on any atom is 0.421 e.